The molecular formula is C18H17F3N2O3. The van der Waals surface area contributed by atoms with E-state index in [0.29, 0.717) is 12.1 Å². The number of halogens is 3. The molecule has 0 aromatic heterocycles. The summed E-state index contributed by atoms with van der Waals surface area (Å²) < 4.78 is 43.5. The number of rotatable bonds is 5. The molecule has 3 amide bonds. The lowest BCUT2D eigenvalue weighted by molar-refractivity contribution is -0.137. The summed E-state index contributed by atoms with van der Waals surface area (Å²) in [5.41, 5.74) is -0.373. The van der Waals surface area contributed by atoms with E-state index in [9.17, 15) is 22.8 Å². The van der Waals surface area contributed by atoms with Gasteiger partial charge in [-0.3, -0.25) is 10.1 Å². The highest BCUT2D eigenvalue weighted by Crippen LogP contribution is 2.31. The van der Waals surface area contributed by atoms with Crippen LogP contribution in [-0.2, 0) is 11.0 Å². The first-order valence-corrected chi connectivity index (χ1v) is 7.79. The van der Waals surface area contributed by atoms with Gasteiger partial charge in [0.05, 0.1) is 5.56 Å². The Balaban J connectivity index is 2.22. The van der Waals surface area contributed by atoms with Crippen molar-refractivity contribution < 1.29 is 27.5 Å². The van der Waals surface area contributed by atoms with E-state index >= 15 is 0 Å². The molecule has 0 saturated carbocycles. The van der Waals surface area contributed by atoms with Crippen LogP contribution in [0.5, 0.6) is 5.75 Å². The summed E-state index contributed by atoms with van der Waals surface area (Å²) in [6, 6.07) is 11.6. The molecule has 0 fully saturated rings. The average molecular weight is 366 g/mol. The third kappa shape index (κ3) is 5.23. The molecule has 0 unspecified atom stereocenters. The number of carbonyl (C=O) groups is 2. The first-order valence-electron chi connectivity index (χ1n) is 7.79. The SMILES string of the molecule is CCNC(=O)NC(=O)[C@H](Oc1ccc(C(F)(F)F)cc1)c1ccccc1. The molecule has 8 heteroatoms. The van der Waals surface area contributed by atoms with Crippen LogP contribution in [0.1, 0.15) is 24.2 Å². The number of alkyl halides is 3. The maximum absolute atomic E-state index is 12.6. The molecule has 0 aliphatic heterocycles. The molecule has 2 N–H and O–H groups in total. The van der Waals surface area contributed by atoms with Gasteiger partial charge in [0.25, 0.3) is 5.91 Å². The number of ether oxygens (including phenoxy) is 1. The van der Waals surface area contributed by atoms with Crippen molar-refractivity contribution in [1.29, 1.82) is 0 Å². The molecule has 0 radical (unpaired) electrons. The maximum Gasteiger partial charge on any atom is 0.416 e. The highest BCUT2D eigenvalue weighted by atomic mass is 19.4. The predicted molar refractivity (Wildman–Crippen MR) is 88.5 cm³/mol. The van der Waals surface area contributed by atoms with Gasteiger partial charge in [-0.25, -0.2) is 4.79 Å². The van der Waals surface area contributed by atoms with Gasteiger partial charge in [0.2, 0.25) is 6.10 Å². The summed E-state index contributed by atoms with van der Waals surface area (Å²) in [6.45, 7) is 2.02. The van der Waals surface area contributed by atoms with Crippen molar-refractivity contribution in [2.24, 2.45) is 0 Å². The van der Waals surface area contributed by atoms with Crippen LogP contribution in [0.4, 0.5) is 18.0 Å². The zero-order chi connectivity index (χ0) is 19.2. The molecule has 2 aromatic carbocycles. The molecule has 0 aliphatic rings. The first kappa shape index (κ1) is 19.3. The highest BCUT2D eigenvalue weighted by molar-refractivity contribution is 5.97. The molecule has 2 aromatic rings. The van der Waals surface area contributed by atoms with Gasteiger partial charge in [-0.1, -0.05) is 30.3 Å². The Labute approximate surface area is 148 Å². The van der Waals surface area contributed by atoms with E-state index in [1.165, 1.54) is 0 Å². The molecule has 2 rings (SSSR count). The van der Waals surface area contributed by atoms with E-state index in [0.717, 1.165) is 24.3 Å². The van der Waals surface area contributed by atoms with Crippen molar-refractivity contribution in [2.75, 3.05) is 6.54 Å². The minimum absolute atomic E-state index is 0.0675. The van der Waals surface area contributed by atoms with Crippen LogP contribution in [0.15, 0.2) is 54.6 Å². The van der Waals surface area contributed by atoms with Crippen LogP contribution >= 0.6 is 0 Å². The highest BCUT2D eigenvalue weighted by Gasteiger charge is 2.30. The fraction of sp³-hybridized carbons (Fsp3) is 0.222. The lowest BCUT2D eigenvalue weighted by Gasteiger charge is -2.19. The summed E-state index contributed by atoms with van der Waals surface area (Å²) in [4.78, 5) is 24.0. The number of benzene rings is 2. The van der Waals surface area contributed by atoms with Crippen molar-refractivity contribution in [3.05, 3.63) is 65.7 Å². The Morgan fingerprint density at radius 1 is 1.04 bits per heavy atom. The van der Waals surface area contributed by atoms with Gasteiger partial charge in [-0.2, -0.15) is 13.2 Å². The number of imide groups is 1. The number of carbonyl (C=O) groups excluding carboxylic acids is 2. The molecule has 0 bridgehead atoms. The maximum atomic E-state index is 12.6. The number of urea groups is 1. The molecule has 0 spiro atoms. The van der Waals surface area contributed by atoms with Gasteiger partial charge in [0.1, 0.15) is 5.75 Å². The van der Waals surface area contributed by atoms with Crippen LogP contribution in [0.3, 0.4) is 0 Å². The minimum atomic E-state index is -4.47. The Bertz CT molecular complexity index is 747. The second kappa shape index (κ2) is 8.37. The fourth-order valence-corrected chi connectivity index (χ4v) is 2.14. The van der Waals surface area contributed by atoms with Gasteiger partial charge < -0.3 is 10.1 Å². The smallest absolute Gasteiger partial charge is 0.416 e. The normalized spacial score (nSPS) is 12.2. The van der Waals surface area contributed by atoms with E-state index in [4.69, 9.17) is 4.74 Å². The summed E-state index contributed by atoms with van der Waals surface area (Å²) in [6.07, 6.45) is -5.66. The molecule has 0 saturated heterocycles. The van der Waals surface area contributed by atoms with Gasteiger partial charge in [0.15, 0.2) is 0 Å². The Kier molecular flexibility index (Phi) is 6.21. The largest absolute Gasteiger partial charge is 0.476 e. The molecule has 26 heavy (non-hydrogen) atoms. The van der Waals surface area contributed by atoms with Crippen LogP contribution in [0.25, 0.3) is 0 Å². The number of amides is 3. The number of nitrogens with one attached hydrogen (secondary N) is 2. The van der Waals surface area contributed by atoms with Gasteiger partial charge in [-0.15, -0.1) is 0 Å². The van der Waals surface area contributed by atoms with Crippen molar-refractivity contribution in [2.45, 2.75) is 19.2 Å². The second-order valence-electron chi connectivity index (χ2n) is 5.28. The van der Waals surface area contributed by atoms with Crippen molar-refractivity contribution in [3.8, 4) is 5.75 Å². The van der Waals surface area contributed by atoms with E-state index in [1.54, 1.807) is 37.3 Å². The zero-order valence-electron chi connectivity index (χ0n) is 13.8. The molecule has 0 aliphatic carbocycles. The monoisotopic (exact) mass is 366 g/mol. The van der Waals surface area contributed by atoms with Gasteiger partial charge >= 0.3 is 12.2 Å². The quantitative estimate of drug-likeness (QED) is 0.848. The van der Waals surface area contributed by atoms with E-state index in [1.807, 2.05) is 0 Å². The molecule has 1 atom stereocenters. The van der Waals surface area contributed by atoms with Crippen molar-refractivity contribution >= 4 is 11.9 Å². The standard InChI is InChI=1S/C18H17F3N2O3/c1-2-22-17(25)23-16(24)15(12-6-4-3-5-7-12)26-14-10-8-13(9-11-14)18(19,20)21/h3-11,15H,2H2,1H3,(H2,22,23,24,25)/t15-/m1/s1. The average Bonchev–Trinajstić information content (AvgIpc) is 2.60. The Morgan fingerprint density at radius 3 is 2.19 bits per heavy atom. The van der Waals surface area contributed by atoms with E-state index in [2.05, 4.69) is 10.6 Å². The van der Waals surface area contributed by atoms with Crippen molar-refractivity contribution in [3.63, 3.8) is 0 Å². The molecule has 138 valence electrons. The van der Waals surface area contributed by atoms with Gasteiger partial charge in [0, 0.05) is 12.1 Å². The van der Waals surface area contributed by atoms with Gasteiger partial charge in [-0.05, 0) is 31.2 Å². The molecular weight excluding hydrogens is 349 g/mol. The number of hydrogen-bond acceptors (Lipinski definition) is 3. The summed E-state index contributed by atoms with van der Waals surface area (Å²) in [7, 11) is 0. The minimum Gasteiger partial charge on any atom is -0.476 e. The first-order chi connectivity index (χ1) is 12.3. The van der Waals surface area contributed by atoms with E-state index in [-0.39, 0.29) is 5.75 Å². The summed E-state index contributed by atoms with van der Waals surface area (Å²) in [5.74, 6) is -0.667. The lowest BCUT2D eigenvalue weighted by Crippen LogP contribution is -2.42. The Hall–Kier alpha value is -3.03. The van der Waals surface area contributed by atoms with Crippen LogP contribution in [0, 0.1) is 0 Å². The fourth-order valence-electron chi connectivity index (χ4n) is 2.14. The Morgan fingerprint density at radius 2 is 1.65 bits per heavy atom. The molecule has 0 heterocycles. The second-order valence-corrected chi connectivity index (χ2v) is 5.28. The van der Waals surface area contributed by atoms with Crippen LogP contribution < -0.4 is 15.4 Å². The third-order valence-electron chi connectivity index (χ3n) is 3.35. The number of hydrogen-bond donors (Lipinski definition) is 2. The van der Waals surface area contributed by atoms with E-state index < -0.39 is 29.8 Å². The third-order valence-corrected chi connectivity index (χ3v) is 3.35. The summed E-state index contributed by atoms with van der Waals surface area (Å²) in [5, 5.41) is 4.56. The van der Waals surface area contributed by atoms with Crippen LogP contribution in [-0.4, -0.2) is 18.5 Å². The lowest BCUT2D eigenvalue weighted by atomic mass is 10.1. The zero-order valence-corrected chi connectivity index (χ0v) is 13.8. The predicted octanol–water partition coefficient (Wildman–Crippen LogP) is 3.67. The molecule has 5 nitrogen and oxygen atoms in total. The topological polar surface area (TPSA) is 67.4 Å². The summed E-state index contributed by atoms with van der Waals surface area (Å²) >= 11 is 0. The van der Waals surface area contributed by atoms with Crippen LogP contribution in [0.2, 0.25) is 0 Å². The van der Waals surface area contributed by atoms with Crippen molar-refractivity contribution in [1.82, 2.24) is 10.6 Å².